The third-order valence-electron chi connectivity index (χ3n) is 4.55. The van der Waals surface area contributed by atoms with Crippen molar-refractivity contribution in [3.63, 3.8) is 0 Å². The summed E-state index contributed by atoms with van der Waals surface area (Å²) in [6, 6.07) is 7.67. The van der Waals surface area contributed by atoms with Crippen LogP contribution in [0.1, 0.15) is 39.2 Å². The van der Waals surface area contributed by atoms with E-state index in [1.54, 1.807) is 0 Å². The second-order valence-electron chi connectivity index (χ2n) is 6.06. The summed E-state index contributed by atoms with van der Waals surface area (Å²) in [4.78, 5) is 23.9. The van der Waals surface area contributed by atoms with E-state index in [2.05, 4.69) is 12.2 Å². The lowest BCUT2D eigenvalue weighted by atomic mass is 9.76. The van der Waals surface area contributed by atoms with Gasteiger partial charge in [0.1, 0.15) is 0 Å². The van der Waals surface area contributed by atoms with Crippen molar-refractivity contribution in [1.29, 1.82) is 0 Å². The van der Waals surface area contributed by atoms with Gasteiger partial charge in [0.15, 0.2) is 0 Å². The number of nitrogens with one attached hydrogen (secondary N) is 1. The number of allylic oxidation sites excluding steroid dienone is 2. The van der Waals surface area contributed by atoms with Gasteiger partial charge in [-0.3, -0.25) is 9.59 Å². The number of carbonyl (C=O) groups excluding carboxylic acids is 1. The first-order valence-corrected chi connectivity index (χ1v) is 7.70. The van der Waals surface area contributed by atoms with Crippen LogP contribution in [0.2, 0.25) is 0 Å². The molecule has 1 aromatic rings. The summed E-state index contributed by atoms with van der Waals surface area (Å²) in [6.45, 7) is 6.00. The first kappa shape index (κ1) is 16.3. The zero-order valence-electron chi connectivity index (χ0n) is 13.3. The number of aryl methyl sites for hydroxylation is 1. The van der Waals surface area contributed by atoms with Gasteiger partial charge in [-0.2, -0.15) is 0 Å². The van der Waals surface area contributed by atoms with Gasteiger partial charge in [-0.15, -0.1) is 0 Å². The van der Waals surface area contributed by atoms with Crippen molar-refractivity contribution < 1.29 is 14.7 Å². The highest BCUT2D eigenvalue weighted by molar-refractivity contribution is 5.95. The van der Waals surface area contributed by atoms with Crippen LogP contribution in [0.15, 0.2) is 35.4 Å². The minimum absolute atomic E-state index is 0.205. The number of benzene rings is 1. The number of carboxylic acid groups (broad SMARTS) is 1. The summed E-state index contributed by atoms with van der Waals surface area (Å²) < 4.78 is 0. The van der Waals surface area contributed by atoms with Crippen molar-refractivity contribution >= 4 is 17.6 Å². The Labute approximate surface area is 131 Å². The second kappa shape index (κ2) is 6.77. The van der Waals surface area contributed by atoms with Crippen molar-refractivity contribution in [3.8, 4) is 0 Å². The fraction of sp³-hybridized carbons (Fsp3) is 0.444. The maximum atomic E-state index is 12.5. The minimum Gasteiger partial charge on any atom is -0.481 e. The molecule has 0 radical (unpaired) electrons. The van der Waals surface area contributed by atoms with Gasteiger partial charge in [0.05, 0.1) is 11.8 Å². The van der Waals surface area contributed by atoms with E-state index >= 15 is 0 Å². The van der Waals surface area contributed by atoms with E-state index < -0.39 is 17.8 Å². The Morgan fingerprint density at radius 1 is 1.09 bits per heavy atom. The molecule has 1 aliphatic rings. The molecule has 2 rings (SSSR count). The lowest BCUT2D eigenvalue weighted by Crippen LogP contribution is -2.36. The van der Waals surface area contributed by atoms with Crippen LogP contribution >= 0.6 is 0 Å². The standard InChI is InChI=1S/C18H23NO3/c1-4-13-5-7-14(8-6-13)19-17(20)15-9-11(2)12(3)10-16(15)18(21)22/h5-8,15-16H,4,9-10H2,1-3H3,(H,19,20)(H,21,22)/t15-,16+/m1/s1. The summed E-state index contributed by atoms with van der Waals surface area (Å²) in [6.07, 6.45) is 1.91. The van der Waals surface area contributed by atoms with E-state index in [0.717, 1.165) is 23.3 Å². The Balaban J connectivity index is 2.14. The highest BCUT2D eigenvalue weighted by atomic mass is 16.4. The molecular weight excluding hydrogens is 278 g/mol. The molecule has 0 aliphatic heterocycles. The predicted molar refractivity (Wildman–Crippen MR) is 86.7 cm³/mol. The molecular formula is C18H23NO3. The molecule has 0 fully saturated rings. The number of hydrogen-bond donors (Lipinski definition) is 2. The Kier molecular flexibility index (Phi) is 5.01. The molecule has 1 amide bonds. The molecule has 4 heteroatoms. The summed E-state index contributed by atoms with van der Waals surface area (Å²) in [5.74, 6) is -2.25. The zero-order chi connectivity index (χ0) is 16.3. The number of aliphatic carboxylic acids is 1. The number of amides is 1. The third kappa shape index (κ3) is 3.56. The van der Waals surface area contributed by atoms with Gasteiger partial charge in [-0.1, -0.05) is 30.2 Å². The monoisotopic (exact) mass is 301 g/mol. The lowest BCUT2D eigenvalue weighted by Gasteiger charge is -2.29. The van der Waals surface area contributed by atoms with Crippen molar-refractivity contribution in [3.05, 3.63) is 41.0 Å². The van der Waals surface area contributed by atoms with Crippen LogP contribution in [-0.4, -0.2) is 17.0 Å². The maximum Gasteiger partial charge on any atom is 0.307 e. The summed E-state index contributed by atoms with van der Waals surface area (Å²) in [7, 11) is 0. The van der Waals surface area contributed by atoms with Gasteiger partial charge in [0, 0.05) is 5.69 Å². The lowest BCUT2D eigenvalue weighted by molar-refractivity contribution is -0.146. The fourth-order valence-corrected chi connectivity index (χ4v) is 2.89. The predicted octanol–water partition coefficient (Wildman–Crippen LogP) is 3.63. The third-order valence-corrected chi connectivity index (χ3v) is 4.55. The quantitative estimate of drug-likeness (QED) is 0.834. The maximum absolute atomic E-state index is 12.5. The van der Waals surface area contributed by atoms with E-state index in [1.807, 2.05) is 38.1 Å². The number of anilines is 1. The highest BCUT2D eigenvalue weighted by Gasteiger charge is 2.37. The summed E-state index contributed by atoms with van der Waals surface area (Å²) in [5.41, 5.74) is 4.13. The molecule has 1 aliphatic carbocycles. The Hall–Kier alpha value is -2.10. The minimum atomic E-state index is -0.895. The van der Waals surface area contributed by atoms with Gasteiger partial charge in [-0.25, -0.2) is 0 Å². The molecule has 0 aromatic heterocycles. The first-order valence-electron chi connectivity index (χ1n) is 7.70. The number of carbonyl (C=O) groups is 2. The number of hydrogen-bond acceptors (Lipinski definition) is 2. The Morgan fingerprint density at radius 2 is 1.64 bits per heavy atom. The van der Waals surface area contributed by atoms with Crippen LogP contribution in [0.25, 0.3) is 0 Å². The van der Waals surface area contributed by atoms with Crippen LogP contribution in [0.5, 0.6) is 0 Å². The molecule has 0 bridgehead atoms. The molecule has 1 aromatic carbocycles. The van der Waals surface area contributed by atoms with Gasteiger partial charge < -0.3 is 10.4 Å². The van der Waals surface area contributed by atoms with Crippen molar-refractivity contribution in [2.75, 3.05) is 5.32 Å². The topological polar surface area (TPSA) is 66.4 Å². The van der Waals surface area contributed by atoms with E-state index in [9.17, 15) is 14.7 Å². The van der Waals surface area contributed by atoms with E-state index in [-0.39, 0.29) is 5.91 Å². The Morgan fingerprint density at radius 3 is 2.14 bits per heavy atom. The molecule has 0 saturated carbocycles. The van der Waals surface area contributed by atoms with Gasteiger partial charge >= 0.3 is 5.97 Å². The largest absolute Gasteiger partial charge is 0.481 e. The van der Waals surface area contributed by atoms with Crippen molar-refractivity contribution in [2.45, 2.75) is 40.0 Å². The van der Waals surface area contributed by atoms with Crippen molar-refractivity contribution in [1.82, 2.24) is 0 Å². The van der Waals surface area contributed by atoms with E-state index in [1.165, 1.54) is 5.56 Å². The molecule has 2 N–H and O–H groups in total. The van der Waals surface area contributed by atoms with E-state index in [0.29, 0.717) is 12.8 Å². The molecule has 22 heavy (non-hydrogen) atoms. The smallest absolute Gasteiger partial charge is 0.307 e. The number of rotatable bonds is 4. The molecule has 0 saturated heterocycles. The van der Waals surface area contributed by atoms with Crippen LogP contribution in [0.4, 0.5) is 5.69 Å². The summed E-state index contributed by atoms with van der Waals surface area (Å²) in [5, 5.41) is 12.3. The van der Waals surface area contributed by atoms with Crippen LogP contribution in [0.3, 0.4) is 0 Å². The highest BCUT2D eigenvalue weighted by Crippen LogP contribution is 2.35. The van der Waals surface area contributed by atoms with Crippen LogP contribution < -0.4 is 5.32 Å². The first-order chi connectivity index (χ1) is 10.4. The molecule has 118 valence electrons. The van der Waals surface area contributed by atoms with Crippen molar-refractivity contribution in [2.24, 2.45) is 11.8 Å². The number of carboxylic acids is 1. The van der Waals surface area contributed by atoms with Crippen LogP contribution in [0, 0.1) is 11.8 Å². The Bertz CT molecular complexity index is 601. The van der Waals surface area contributed by atoms with Crippen LogP contribution in [-0.2, 0) is 16.0 Å². The molecule has 4 nitrogen and oxygen atoms in total. The second-order valence-corrected chi connectivity index (χ2v) is 6.06. The molecule has 2 atom stereocenters. The average Bonchev–Trinajstić information content (AvgIpc) is 2.50. The molecule has 0 unspecified atom stereocenters. The summed E-state index contributed by atoms with van der Waals surface area (Å²) >= 11 is 0. The normalized spacial score (nSPS) is 21.6. The molecule has 0 spiro atoms. The van der Waals surface area contributed by atoms with Gasteiger partial charge in [0.25, 0.3) is 0 Å². The van der Waals surface area contributed by atoms with Gasteiger partial charge in [0.2, 0.25) is 5.91 Å². The van der Waals surface area contributed by atoms with Gasteiger partial charge in [-0.05, 0) is 50.8 Å². The average molecular weight is 301 g/mol. The van der Waals surface area contributed by atoms with E-state index in [4.69, 9.17) is 0 Å². The fourth-order valence-electron chi connectivity index (χ4n) is 2.89. The zero-order valence-corrected chi connectivity index (χ0v) is 13.3. The molecule has 0 heterocycles. The SMILES string of the molecule is CCc1ccc(NC(=O)[C@@H]2CC(C)=C(C)C[C@@H]2C(=O)O)cc1.